The fourth-order valence-corrected chi connectivity index (χ4v) is 3.59. The maximum absolute atomic E-state index is 11.9. The predicted molar refractivity (Wildman–Crippen MR) is 81.4 cm³/mol. The first kappa shape index (κ1) is 13.5. The summed E-state index contributed by atoms with van der Waals surface area (Å²) in [7, 11) is 0. The third-order valence-electron chi connectivity index (χ3n) is 3.55. The monoisotopic (exact) mass is 290 g/mol. The average Bonchev–Trinajstić information content (AvgIpc) is 3.03. The largest absolute Gasteiger partial charge is 0.376 e. The Morgan fingerprint density at radius 3 is 3.10 bits per heavy atom. The highest BCUT2D eigenvalue weighted by Crippen LogP contribution is 2.30. The highest BCUT2D eigenvalue weighted by atomic mass is 32.1. The summed E-state index contributed by atoms with van der Waals surface area (Å²) >= 11 is 1.57. The van der Waals surface area contributed by atoms with Crippen LogP contribution < -0.4 is 4.90 Å². The molecule has 1 amide bonds. The van der Waals surface area contributed by atoms with Gasteiger partial charge in [0, 0.05) is 13.5 Å². The average molecular weight is 290 g/mol. The number of hydrogen-bond donors (Lipinski definition) is 0. The van der Waals surface area contributed by atoms with Gasteiger partial charge in [-0.2, -0.15) is 0 Å². The lowest BCUT2D eigenvalue weighted by atomic mass is 10.2. The maximum atomic E-state index is 11.9. The topological polar surface area (TPSA) is 42.4 Å². The van der Waals surface area contributed by atoms with Crippen LogP contribution in [0.1, 0.15) is 25.3 Å². The van der Waals surface area contributed by atoms with E-state index in [1.165, 1.54) is 5.56 Å². The molecule has 0 aliphatic carbocycles. The normalized spacial score (nSPS) is 18.6. The molecule has 106 valence electrons. The van der Waals surface area contributed by atoms with E-state index < -0.39 is 0 Å². The van der Waals surface area contributed by atoms with Gasteiger partial charge in [0.25, 0.3) is 0 Å². The number of carbonyl (C=O) groups excluding carboxylic acids is 1. The number of hydrogen-bond acceptors (Lipinski definition) is 4. The van der Waals surface area contributed by atoms with Crippen LogP contribution in [0.4, 0.5) is 5.13 Å². The van der Waals surface area contributed by atoms with E-state index in [0.717, 1.165) is 34.8 Å². The summed E-state index contributed by atoms with van der Waals surface area (Å²) in [6, 6.07) is 6.17. The van der Waals surface area contributed by atoms with Crippen molar-refractivity contribution in [1.82, 2.24) is 4.98 Å². The lowest BCUT2D eigenvalue weighted by Gasteiger charge is -2.21. The van der Waals surface area contributed by atoms with E-state index in [2.05, 4.69) is 18.0 Å². The number of aryl methyl sites for hydroxylation is 1. The van der Waals surface area contributed by atoms with Crippen LogP contribution >= 0.6 is 11.3 Å². The molecule has 0 bridgehead atoms. The highest BCUT2D eigenvalue weighted by Gasteiger charge is 2.24. The molecule has 0 N–H and O–H groups in total. The van der Waals surface area contributed by atoms with Crippen LogP contribution in [0.3, 0.4) is 0 Å². The zero-order chi connectivity index (χ0) is 14.1. The Morgan fingerprint density at radius 2 is 2.40 bits per heavy atom. The van der Waals surface area contributed by atoms with Gasteiger partial charge in [0.1, 0.15) is 0 Å². The number of carbonyl (C=O) groups is 1. The smallest absolute Gasteiger partial charge is 0.225 e. The fourth-order valence-electron chi connectivity index (χ4n) is 2.47. The molecular weight excluding hydrogens is 272 g/mol. The van der Waals surface area contributed by atoms with Gasteiger partial charge in [-0.3, -0.25) is 9.69 Å². The second-order valence-electron chi connectivity index (χ2n) is 5.23. The van der Waals surface area contributed by atoms with Crippen LogP contribution in [0.5, 0.6) is 0 Å². The van der Waals surface area contributed by atoms with Gasteiger partial charge >= 0.3 is 0 Å². The quantitative estimate of drug-likeness (QED) is 0.872. The van der Waals surface area contributed by atoms with Gasteiger partial charge in [0.05, 0.1) is 22.9 Å². The first-order valence-corrected chi connectivity index (χ1v) is 7.72. The number of amides is 1. The molecule has 1 unspecified atom stereocenters. The van der Waals surface area contributed by atoms with Crippen molar-refractivity contribution in [2.45, 2.75) is 32.8 Å². The lowest BCUT2D eigenvalue weighted by molar-refractivity contribution is -0.116. The Hall–Kier alpha value is -1.46. The van der Waals surface area contributed by atoms with Crippen molar-refractivity contribution in [3.05, 3.63) is 23.8 Å². The standard InChI is InChI=1S/C15H18N2O2S/c1-10-5-6-13-14(8-10)20-15(16-13)17(11(2)18)9-12-4-3-7-19-12/h5-6,8,12H,3-4,7,9H2,1-2H3. The van der Waals surface area contributed by atoms with Crippen molar-refractivity contribution >= 4 is 32.6 Å². The molecule has 1 fully saturated rings. The summed E-state index contributed by atoms with van der Waals surface area (Å²) in [5.41, 5.74) is 2.16. The first-order valence-electron chi connectivity index (χ1n) is 6.90. The molecule has 1 aromatic heterocycles. The van der Waals surface area contributed by atoms with Crippen LogP contribution in [0, 0.1) is 6.92 Å². The van der Waals surface area contributed by atoms with Crippen molar-refractivity contribution in [3.63, 3.8) is 0 Å². The van der Waals surface area contributed by atoms with Gasteiger partial charge in [0.15, 0.2) is 5.13 Å². The number of thiazole rings is 1. The minimum atomic E-state index is 0.0243. The Labute approximate surface area is 122 Å². The fraction of sp³-hybridized carbons (Fsp3) is 0.467. The minimum Gasteiger partial charge on any atom is -0.376 e. The van der Waals surface area contributed by atoms with Crippen LogP contribution in [-0.4, -0.2) is 30.1 Å². The molecule has 0 saturated carbocycles. The zero-order valence-corrected chi connectivity index (χ0v) is 12.6. The van der Waals surface area contributed by atoms with Crippen LogP contribution in [0.25, 0.3) is 10.2 Å². The highest BCUT2D eigenvalue weighted by molar-refractivity contribution is 7.22. The van der Waals surface area contributed by atoms with Crippen molar-refractivity contribution < 1.29 is 9.53 Å². The van der Waals surface area contributed by atoms with Gasteiger partial charge < -0.3 is 4.74 Å². The van der Waals surface area contributed by atoms with Crippen molar-refractivity contribution in [2.75, 3.05) is 18.1 Å². The van der Waals surface area contributed by atoms with Gasteiger partial charge in [-0.05, 0) is 37.5 Å². The van der Waals surface area contributed by atoms with Gasteiger partial charge in [0.2, 0.25) is 5.91 Å². The molecule has 4 nitrogen and oxygen atoms in total. The van der Waals surface area contributed by atoms with E-state index in [0.29, 0.717) is 6.54 Å². The molecule has 20 heavy (non-hydrogen) atoms. The Morgan fingerprint density at radius 1 is 1.55 bits per heavy atom. The number of benzene rings is 1. The van der Waals surface area contributed by atoms with Crippen LogP contribution in [0.2, 0.25) is 0 Å². The Kier molecular flexibility index (Phi) is 3.72. The third kappa shape index (κ3) is 2.69. The number of rotatable bonds is 3. The molecule has 0 spiro atoms. The van der Waals surface area contributed by atoms with Gasteiger partial charge in [-0.15, -0.1) is 0 Å². The second kappa shape index (κ2) is 5.50. The van der Waals surface area contributed by atoms with Crippen molar-refractivity contribution in [1.29, 1.82) is 0 Å². The lowest BCUT2D eigenvalue weighted by Crippen LogP contribution is -2.35. The summed E-state index contributed by atoms with van der Waals surface area (Å²) in [6.45, 7) is 5.06. The zero-order valence-electron chi connectivity index (χ0n) is 11.8. The number of aromatic nitrogens is 1. The summed E-state index contributed by atoms with van der Waals surface area (Å²) in [5.74, 6) is 0.0243. The van der Waals surface area contributed by atoms with Crippen molar-refractivity contribution in [2.24, 2.45) is 0 Å². The van der Waals surface area contributed by atoms with E-state index in [9.17, 15) is 4.79 Å². The molecule has 3 rings (SSSR count). The van der Waals surface area contributed by atoms with Crippen LogP contribution in [-0.2, 0) is 9.53 Å². The molecule has 2 aromatic rings. The molecule has 0 radical (unpaired) electrons. The number of nitrogens with zero attached hydrogens (tertiary/aromatic N) is 2. The van der Waals surface area contributed by atoms with E-state index >= 15 is 0 Å². The number of ether oxygens (including phenoxy) is 1. The molecule has 1 aromatic carbocycles. The summed E-state index contributed by atoms with van der Waals surface area (Å²) in [6.07, 6.45) is 2.25. The SMILES string of the molecule is CC(=O)N(CC1CCCO1)c1nc2ccc(C)cc2s1. The van der Waals surface area contributed by atoms with Crippen molar-refractivity contribution in [3.8, 4) is 0 Å². The molecule has 5 heteroatoms. The van der Waals surface area contributed by atoms with Gasteiger partial charge in [-0.25, -0.2) is 4.98 Å². The van der Waals surface area contributed by atoms with E-state index in [4.69, 9.17) is 4.74 Å². The Balaban J connectivity index is 1.90. The maximum Gasteiger partial charge on any atom is 0.225 e. The molecule has 2 heterocycles. The van der Waals surface area contributed by atoms with E-state index in [1.54, 1.807) is 23.2 Å². The summed E-state index contributed by atoms with van der Waals surface area (Å²) < 4.78 is 6.75. The second-order valence-corrected chi connectivity index (χ2v) is 6.24. The molecular formula is C15H18N2O2S. The molecule has 1 aliphatic rings. The van der Waals surface area contributed by atoms with E-state index in [1.807, 2.05) is 12.1 Å². The molecule has 1 aliphatic heterocycles. The molecule has 1 saturated heterocycles. The third-order valence-corrected chi connectivity index (χ3v) is 4.60. The number of anilines is 1. The minimum absolute atomic E-state index is 0.0243. The molecule has 1 atom stereocenters. The van der Waals surface area contributed by atoms with Crippen LogP contribution in [0.15, 0.2) is 18.2 Å². The Bertz CT molecular complexity index is 632. The predicted octanol–water partition coefficient (Wildman–Crippen LogP) is 3.14. The van der Waals surface area contributed by atoms with Gasteiger partial charge in [-0.1, -0.05) is 17.4 Å². The summed E-state index contributed by atoms with van der Waals surface area (Å²) in [5, 5.41) is 0.772. The number of fused-ring (bicyclic) bond motifs is 1. The van der Waals surface area contributed by atoms with E-state index in [-0.39, 0.29) is 12.0 Å². The summed E-state index contributed by atoms with van der Waals surface area (Å²) in [4.78, 5) is 18.2. The first-order chi connectivity index (χ1) is 9.63.